The average molecular weight is 415 g/mol. The molecule has 3 aromatic carbocycles. The molecule has 4 aromatic rings. The Morgan fingerprint density at radius 2 is 1.84 bits per heavy atom. The molecule has 1 heterocycles. The van der Waals surface area contributed by atoms with E-state index in [0.717, 1.165) is 11.1 Å². The largest absolute Gasteiger partial charge is 0.497 e. The van der Waals surface area contributed by atoms with Crippen LogP contribution < -0.4 is 14.8 Å². The quantitative estimate of drug-likeness (QED) is 0.469. The fourth-order valence-corrected chi connectivity index (χ4v) is 2.96. The number of nitrogens with zero attached hydrogens (tertiary/aromatic N) is 2. The third-order valence-corrected chi connectivity index (χ3v) is 4.56. The zero-order chi connectivity index (χ0) is 21.6. The molecule has 1 N–H and O–H groups in total. The Labute approximate surface area is 179 Å². The minimum absolute atomic E-state index is 0.147. The van der Waals surface area contributed by atoms with Crippen molar-refractivity contribution in [2.75, 3.05) is 19.0 Å². The van der Waals surface area contributed by atoms with Crippen LogP contribution >= 0.6 is 0 Å². The number of ether oxygens (including phenoxy) is 2. The van der Waals surface area contributed by atoms with Gasteiger partial charge in [0.25, 0.3) is 11.8 Å². The van der Waals surface area contributed by atoms with Crippen LogP contribution in [-0.2, 0) is 4.79 Å². The lowest BCUT2D eigenvalue weighted by atomic mass is 10.2. The molecule has 0 aliphatic heterocycles. The molecule has 31 heavy (non-hydrogen) atoms. The van der Waals surface area contributed by atoms with Crippen LogP contribution in [0.1, 0.15) is 5.56 Å². The molecular formula is C24H21N3O4. The summed E-state index contributed by atoms with van der Waals surface area (Å²) in [5.41, 5.74) is 3.21. The van der Waals surface area contributed by atoms with E-state index in [2.05, 4.69) is 15.5 Å². The summed E-state index contributed by atoms with van der Waals surface area (Å²) in [7, 11) is 1.60. The summed E-state index contributed by atoms with van der Waals surface area (Å²) in [6.07, 6.45) is 0. The van der Waals surface area contributed by atoms with Gasteiger partial charge in [-0.15, -0.1) is 0 Å². The molecule has 1 aromatic heterocycles. The summed E-state index contributed by atoms with van der Waals surface area (Å²) in [5.74, 6) is 1.65. The molecule has 0 aliphatic rings. The Morgan fingerprint density at radius 3 is 2.65 bits per heavy atom. The monoisotopic (exact) mass is 415 g/mol. The molecule has 0 saturated heterocycles. The van der Waals surface area contributed by atoms with Crippen molar-refractivity contribution in [3.05, 3.63) is 78.4 Å². The molecular weight excluding hydrogens is 394 g/mol. The predicted molar refractivity (Wildman–Crippen MR) is 117 cm³/mol. The van der Waals surface area contributed by atoms with Crippen LogP contribution in [0.4, 0.5) is 5.69 Å². The van der Waals surface area contributed by atoms with Gasteiger partial charge in [0, 0.05) is 11.3 Å². The van der Waals surface area contributed by atoms with Crippen LogP contribution in [0, 0.1) is 6.92 Å². The lowest BCUT2D eigenvalue weighted by molar-refractivity contribution is -0.118. The first-order valence-corrected chi connectivity index (χ1v) is 9.69. The number of amides is 1. The average Bonchev–Trinajstić information content (AvgIpc) is 3.30. The Bertz CT molecular complexity index is 1190. The zero-order valence-electron chi connectivity index (χ0n) is 17.2. The Balaban J connectivity index is 1.48. The molecule has 4 rings (SSSR count). The highest BCUT2D eigenvalue weighted by Gasteiger charge is 2.16. The number of aromatic nitrogens is 2. The van der Waals surface area contributed by atoms with Crippen LogP contribution in [0.3, 0.4) is 0 Å². The van der Waals surface area contributed by atoms with Crippen LogP contribution in [0.2, 0.25) is 0 Å². The van der Waals surface area contributed by atoms with E-state index in [1.807, 2.05) is 73.7 Å². The van der Waals surface area contributed by atoms with Crippen molar-refractivity contribution in [3.63, 3.8) is 0 Å². The number of carbonyl (C=O) groups excluding carboxylic acids is 1. The highest BCUT2D eigenvalue weighted by Crippen LogP contribution is 2.30. The van der Waals surface area contributed by atoms with Gasteiger partial charge in [-0.05, 0) is 49.4 Å². The first-order valence-electron chi connectivity index (χ1n) is 9.69. The van der Waals surface area contributed by atoms with Crippen molar-refractivity contribution < 1.29 is 18.8 Å². The minimum Gasteiger partial charge on any atom is -0.497 e. The van der Waals surface area contributed by atoms with Gasteiger partial charge in [-0.25, -0.2) is 0 Å². The van der Waals surface area contributed by atoms with E-state index in [-0.39, 0.29) is 12.5 Å². The number of nitrogens with one attached hydrogen (secondary N) is 1. The van der Waals surface area contributed by atoms with E-state index in [1.165, 1.54) is 0 Å². The van der Waals surface area contributed by atoms with Crippen LogP contribution in [0.5, 0.6) is 11.5 Å². The molecule has 0 aliphatic carbocycles. The van der Waals surface area contributed by atoms with Crippen LogP contribution in [0.25, 0.3) is 22.8 Å². The molecule has 7 heteroatoms. The molecule has 0 unspecified atom stereocenters. The van der Waals surface area contributed by atoms with Gasteiger partial charge >= 0.3 is 0 Å². The van der Waals surface area contributed by atoms with Gasteiger partial charge in [-0.2, -0.15) is 4.98 Å². The van der Waals surface area contributed by atoms with E-state index in [1.54, 1.807) is 13.2 Å². The molecule has 0 saturated carbocycles. The smallest absolute Gasteiger partial charge is 0.262 e. The fourth-order valence-electron chi connectivity index (χ4n) is 2.96. The Hall–Kier alpha value is -4.13. The third-order valence-electron chi connectivity index (χ3n) is 4.56. The van der Waals surface area contributed by atoms with Crippen molar-refractivity contribution in [2.45, 2.75) is 6.92 Å². The second-order valence-electron chi connectivity index (χ2n) is 6.85. The van der Waals surface area contributed by atoms with Crippen molar-refractivity contribution in [1.82, 2.24) is 10.1 Å². The number of aryl methyl sites for hydroxylation is 1. The SMILES string of the molecule is COc1cccc(-c2nc(-c3ccccc3OCC(=O)Nc3ccc(C)cc3)no2)c1. The number of hydrogen-bond donors (Lipinski definition) is 1. The van der Waals surface area contributed by atoms with Gasteiger partial charge in [0.15, 0.2) is 6.61 Å². The first-order chi connectivity index (χ1) is 15.1. The van der Waals surface area contributed by atoms with Gasteiger partial charge in [0.05, 0.1) is 12.7 Å². The first kappa shape index (κ1) is 20.2. The summed E-state index contributed by atoms with van der Waals surface area (Å²) in [4.78, 5) is 16.7. The second-order valence-corrected chi connectivity index (χ2v) is 6.85. The Morgan fingerprint density at radius 1 is 1.03 bits per heavy atom. The van der Waals surface area contributed by atoms with E-state index in [9.17, 15) is 4.79 Å². The number of carbonyl (C=O) groups is 1. The molecule has 0 bridgehead atoms. The number of anilines is 1. The maximum atomic E-state index is 12.3. The van der Waals surface area contributed by atoms with Crippen molar-refractivity contribution in [3.8, 4) is 34.3 Å². The van der Waals surface area contributed by atoms with E-state index >= 15 is 0 Å². The van der Waals surface area contributed by atoms with Gasteiger partial charge in [-0.3, -0.25) is 4.79 Å². The van der Waals surface area contributed by atoms with Gasteiger partial charge in [0.2, 0.25) is 5.82 Å². The number of para-hydroxylation sites is 1. The standard InChI is InChI=1S/C24H21N3O4/c1-16-10-12-18(13-11-16)25-22(28)15-30-21-9-4-3-8-20(21)23-26-24(31-27-23)17-6-5-7-19(14-17)29-2/h3-14H,15H2,1-2H3,(H,25,28). The van der Waals surface area contributed by atoms with Crippen molar-refractivity contribution >= 4 is 11.6 Å². The topological polar surface area (TPSA) is 86.5 Å². The predicted octanol–water partition coefficient (Wildman–Crippen LogP) is 4.74. The van der Waals surface area contributed by atoms with Crippen molar-refractivity contribution in [1.29, 1.82) is 0 Å². The van der Waals surface area contributed by atoms with E-state index < -0.39 is 0 Å². The normalized spacial score (nSPS) is 10.5. The maximum Gasteiger partial charge on any atom is 0.262 e. The fraction of sp³-hybridized carbons (Fsp3) is 0.125. The van der Waals surface area contributed by atoms with E-state index in [4.69, 9.17) is 14.0 Å². The van der Waals surface area contributed by atoms with Crippen molar-refractivity contribution in [2.24, 2.45) is 0 Å². The summed E-state index contributed by atoms with van der Waals surface area (Å²) in [5, 5.41) is 6.88. The molecule has 0 atom stereocenters. The van der Waals surface area contributed by atoms with Crippen LogP contribution in [-0.4, -0.2) is 29.8 Å². The molecule has 0 radical (unpaired) electrons. The molecule has 7 nitrogen and oxygen atoms in total. The summed E-state index contributed by atoms with van der Waals surface area (Å²) < 4.78 is 16.4. The summed E-state index contributed by atoms with van der Waals surface area (Å²) in [6.45, 7) is 1.84. The molecule has 156 valence electrons. The van der Waals surface area contributed by atoms with Gasteiger partial charge < -0.3 is 19.3 Å². The van der Waals surface area contributed by atoms with Crippen LogP contribution in [0.15, 0.2) is 77.3 Å². The van der Waals surface area contributed by atoms with Gasteiger partial charge in [0.1, 0.15) is 11.5 Å². The lowest BCUT2D eigenvalue weighted by Crippen LogP contribution is -2.20. The lowest BCUT2D eigenvalue weighted by Gasteiger charge is -2.10. The highest BCUT2D eigenvalue weighted by molar-refractivity contribution is 5.92. The summed E-state index contributed by atoms with van der Waals surface area (Å²) in [6, 6.07) is 22.2. The number of benzene rings is 3. The molecule has 0 fully saturated rings. The van der Waals surface area contributed by atoms with Gasteiger partial charge in [-0.1, -0.05) is 41.1 Å². The zero-order valence-corrected chi connectivity index (χ0v) is 17.2. The molecule has 0 spiro atoms. The maximum absolute atomic E-state index is 12.3. The molecule has 1 amide bonds. The summed E-state index contributed by atoms with van der Waals surface area (Å²) >= 11 is 0. The minimum atomic E-state index is -0.260. The Kier molecular flexibility index (Phi) is 5.93. The number of methoxy groups -OCH3 is 1. The number of hydrogen-bond acceptors (Lipinski definition) is 6. The second kappa shape index (κ2) is 9.13. The highest BCUT2D eigenvalue weighted by atomic mass is 16.5. The number of rotatable bonds is 7. The third kappa shape index (κ3) is 4.90. The van der Waals surface area contributed by atoms with E-state index in [0.29, 0.717) is 34.5 Å².